The van der Waals surface area contributed by atoms with E-state index in [0.717, 1.165) is 40.9 Å². The number of hydrogen-bond acceptors (Lipinski definition) is 4. The molecule has 0 amide bonds. The van der Waals surface area contributed by atoms with Gasteiger partial charge in [-0.2, -0.15) is 0 Å². The van der Waals surface area contributed by atoms with Crippen LogP contribution in [0.2, 0.25) is 0 Å². The second-order valence-corrected chi connectivity index (χ2v) is 8.36. The average Bonchev–Trinajstić information content (AvgIpc) is 3.24. The predicted molar refractivity (Wildman–Crippen MR) is 130 cm³/mol. The maximum atomic E-state index is 11.2. The van der Waals surface area contributed by atoms with Crippen molar-refractivity contribution in [3.8, 4) is 17.1 Å². The third-order valence-electron chi connectivity index (χ3n) is 5.59. The van der Waals surface area contributed by atoms with Crippen LogP contribution in [-0.4, -0.2) is 19.2 Å². The number of benzene rings is 2. The highest BCUT2D eigenvalue weighted by Crippen LogP contribution is 2.33. The summed E-state index contributed by atoms with van der Waals surface area (Å²) in [5, 5.41) is 1.05. The zero-order valence-electron chi connectivity index (χ0n) is 19.5. The highest BCUT2D eigenvalue weighted by molar-refractivity contribution is 5.84. The summed E-state index contributed by atoms with van der Waals surface area (Å²) in [7, 11) is 0. The number of fused-ring (bicyclic) bond motifs is 1. The van der Waals surface area contributed by atoms with E-state index in [1.807, 2.05) is 25.1 Å². The molecule has 0 aliphatic carbocycles. The minimum Gasteiger partial charge on any atom is -0.493 e. The van der Waals surface area contributed by atoms with Gasteiger partial charge in [-0.05, 0) is 48.6 Å². The van der Waals surface area contributed by atoms with Gasteiger partial charge < -0.3 is 13.9 Å². The average molecular weight is 435 g/mol. The van der Waals surface area contributed by atoms with Gasteiger partial charge in [0, 0.05) is 29.0 Å². The molecule has 1 atom stereocenters. The summed E-state index contributed by atoms with van der Waals surface area (Å²) in [6.07, 6.45) is 7.02. The van der Waals surface area contributed by atoms with Crippen molar-refractivity contribution in [3.05, 3.63) is 66.2 Å². The van der Waals surface area contributed by atoms with E-state index >= 15 is 0 Å². The Morgan fingerprint density at radius 2 is 1.94 bits per heavy atom. The van der Waals surface area contributed by atoms with E-state index in [-0.39, 0.29) is 5.92 Å². The van der Waals surface area contributed by atoms with Crippen LogP contribution in [-0.2, 0) is 22.4 Å². The van der Waals surface area contributed by atoms with Crippen molar-refractivity contribution in [2.24, 2.45) is 5.92 Å². The summed E-state index contributed by atoms with van der Waals surface area (Å²) in [6.45, 7) is 10.5. The zero-order chi connectivity index (χ0) is 22.9. The van der Waals surface area contributed by atoms with Gasteiger partial charge in [-0.15, -0.1) is 0 Å². The molecule has 0 aliphatic heterocycles. The van der Waals surface area contributed by atoms with Crippen LogP contribution in [0.15, 0.2) is 59.5 Å². The van der Waals surface area contributed by atoms with E-state index in [1.165, 1.54) is 36.5 Å². The predicted octanol–water partition coefficient (Wildman–Crippen LogP) is 7.14. The molecule has 4 heteroatoms. The summed E-state index contributed by atoms with van der Waals surface area (Å²) < 4.78 is 17.2. The van der Waals surface area contributed by atoms with Crippen LogP contribution in [0.4, 0.5) is 0 Å². The van der Waals surface area contributed by atoms with Gasteiger partial charge in [-0.3, -0.25) is 0 Å². The molecule has 3 rings (SSSR count). The van der Waals surface area contributed by atoms with E-state index in [4.69, 9.17) is 13.9 Å². The van der Waals surface area contributed by atoms with Gasteiger partial charge in [0.25, 0.3) is 0 Å². The number of hydrogen-bond donors (Lipinski definition) is 0. The number of rotatable bonds is 12. The molecule has 0 spiro atoms. The summed E-state index contributed by atoms with van der Waals surface area (Å²) in [5.41, 5.74) is 4.68. The number of unbranched alkanes of at least 4 members (excludes halogenated alkanes) is 2. The first-order chi connectivity index (χ1) is 15.5. The fourth-order valence-electron chi connectivity index (χ4n) is 3.72. The summed E-state index contributed by atoms with van der Waals surface area (Å²) in [5.74, 6) is 1.28. The summed E-state index contributed by atoms with van der Waals surface area (Å²) >= 11 is 0. The quantitative estimate of drug-likeness (QED) is 0.173. The lowest BCUT2D eigenvalue weighted by Gasteiger charge is -2.12. The largest absolute Gasteiger partial charge is 0.493 e. The molecule has 0 bridgehead atoms. The van der Waals surface area contributed by atoms with Gasteiger partial charge in [0.1, 0.15) is 17.1 Å². The fraction of sp³-hybridized carbons (Fsp3) is 0.393. The fourth-order valence-corrected chi connectivity index (χ4v) is 3.72. The van der Waals surface area contributed by atoms with Gasteiger partial charge in [0.2, 0.25) is 0 Å². The van der Waals surface area contributed by atoms with Crippen molar-refractivity contribution in [2.45, 2.75) is 52.9 Å². The third kappa shape index (κ3) is 6.25. The van der Waals surface area contributed by atoms with E-state index in [2.05, 4.69) is 44.7 Å². The number of carbonyl (C=O) groups excluding carboxylic acids is 1. The standard InChI is InChI=1S/C28H34O4/c1-5-8-9-10-21-11-14-25(22(6-2)15-21)27-16-23-12-13-24(17-26(23)32-27)30-18-20(4)19-31-28(29)7-3/h7,11-17,20H,3,5-6,8-10,18-19H2,1-2,4H3. The van der Waals surface area contributed by atoms with Crippen molar-refractivity contribution in [3.63, 3.8) is 0 Å². The van der Waals surface area contributed by atoms with Crippen molar-refractivity contribution in [1.82, 2.24) is 0 Å². The minimum atomic E-state index is -0.415. The van der Waals surface area contributed by atoms with Crippen LogP contribution in [0.25, 0.3) is 22.3 Å². The van der Waals surface area contributed by atoms with Crippen LogP contribution >= 0.6 is 0 Å². The van der Waals surface area contributed by atoms with Crippen LogP contribution < -0.4 is 4.74 Å². The molecule has 0 saturated heterocycles. The molecule has 0 saturated carbocycles. The molecular formula is C28H34O4. The smallest absolute Gasteiger partial charge is 0.330 e. The molecule has 2 aromatic carbocycles. The Morgan fingerprint density at radius 3 is 2.69 bits per heavy atom. The number of carbonyl (C=O) groups is 1. The topological polar surface area (TPSA) is 48.7 Å². The molecular weight excluding hydrogens is 400 g/mol. The van der Waals surface area contributed by atoms with E-state index in [9.17, 15) is 4.79 Å². The van der Waals surface area contributed by atoms with Gasteiger partial charge in [-0.1, -0.05) is 58.4 Å². The highest BCUT2D eigenvalue weighted by Gasteiger charge is 2.12. The van der Waals surface area contributed by atoms with Crippen molar-refractivity contribution in [1.29, 1.82) is 0 Å². The minimum absolute atomic E-state index is 0.0738. The molecule has 32 heavy (non-hydrogen) atoms. The molecule has 0 fully saturated rings. The van der Waals surface area contributed by atoms with Crippen LogP contribution in [0.3, 0.4) is 0 Å². The Labute approximate surface area is 191 Å². The van der Waals surface area contributed by atoms with Crippen molar-refractivity contribution >= 4 is 16.9 Å². The Balaban J connectivity index is 1.70. The summed E-state index contributed by atoms with van der Waals surface area (Å²) in [4.78, 5) is 11.2. The van der Waals surface area contributed by atoms with E-state index in [1.54, 1.807) is 0 Å². The van der Waals surface area contributed by atoms with Gasteiger partial charge in [0.05, 0.1) is 13.2 Å². The lowest BCUT2D eigenvalue weighted by Crippen LogP contribution is -2.16. The Hall–Kier alpha value is -3.01. The highest BCUT2D eigenvalue weighted by atomic mass is 16.5. The maximum absolute atomic E-state index is 11.2. The molecule has 1 unspecified atom stereocenters. The molecule has 1 aromatic heterocycles. The molecule has 3 aromatic rings. The van der Waals surface area contributed by atoms with Gasteiger partial charge in [-0.25, -0.2) is 4.79 Å². The first kappa shape index (κ1) is 23.6. The molecule has 0 radical (unpaired) electrons. The Morgan fingerprint density at radius 1 is 1.09 bits per heavy atom. The first-order valence-electron chi connectivity index (χ1n) is 11.6. The third-order valence-corrected chi connectivity index (χ3v) is 5.59. The van der Waals surface area contributed by atoms with Crippen molar-refractivity contribution < 1.29 is 18.7 Å². The maximum Gasteiger partial charge on any atom is 0.330 e. The Kier molecular flexibility index (Phi) is 8.55. The molecule has 4 nitrogen and oxygen atoms in total. The first-order valence-corrected chi connectivity index (χ1v) is 11.6. The second kappa shape index (κ2) is 11.6. The van der Waals surface area contributed by atoms with E-state index < -0.39 is 5.97 Å². The number of ether oxygens (including phenoxy) is 2. The SMILES string of the molecule is C=CC(=O)OCC(C)COc1ccc2cc(-c3ccc(CCCCC)cc3CC)oc2c1. The van der Waals surface area contributed by atoms with E-state index in [0.29, 0.717) is 13.2 Å². The van der Waals surface area contributed by atoms with Crippen molar-refractivity contribution in [2.75, 3.05) is 13.2 Å². The molecule has 1 heterocycles. The number of esters is 1. The number of aryl methyl sites for hydroxylation is 2. The monoisotopic (exact) mass is 434 g/mol. The van der Waals surface area contributed by atoms with Gasteiger partial charge in [0.15, 0.2) is 0 Å². The Bertz CT molecular complexity index is 1050. The molecule has 0 N–H and O–H groups in total. The van der Waals surface area contributed by atoms with Crippen LogP contribution in [0.1, 0.15) is 51.2 Å². The lowest BCUT2D eigenvalue weighted by atomic mass is 9.97. The molecule has 170 valence electrons. The summed E-state index contributed by atoms with van der Waals surface area (Å²) in [6, 6.07) is 14.7. The second-order valence-electron chi connectivity index (χ2n) is 8.36. The van der Waals surface area contributed by atoms with Crippen LogP contribution in [0.5, 0.6) is 5.75 Å². The van der Waals surface area contributed by atoms with Gasteiger partial charge >= 0.3 is 5.97 Å². The zero-order valence-corrected chi connectivity index (χ0v) is 19.5. The van der Waals surface area contributed by atoms with Crippen LogP contribution in [0, 0.1) is 5.92 Å². The molecule has 0 aliphatic rings. The normalized spacial score (nSPS) is 12.0. The lowest BCUT2D eigenvalue weighted by molar-refractivity contribution is -0.139. The number of furan rings is 1.